The lowest BCUT2D eigenvalue weighted by atomic mass is 10.1. The lowest BCUT2D eigenvalue weighted by Crippen LogP contribution is -2.29. The van der Waals surface area contributed by atoms with Crippen LogP contribution in [-0.2, 0) is 16.0 Å². The van der Waals surface area contributed by atoms with Crippen molar-refractivity contribution in [2.45, 2.75) is 12.8 Å². The van der Waals surface area contributed by atoms with Crippen LogP contribution in [0.1, 0.15) is 12.0 Å². The van der Waals surface area contributed by atoms with Gasteiger partial charge in [0.05, 0.1) is 5.69 Å². The number of imide groups is 1. The average Bonchev–Trinajstić information content (AvgIpc) is 2.89. The van der Waals surface area contributed by atoms with Crippen LogP contribution in [0.2, 0.25) is 0 Å². The third kappa shape index (κ3) is 3.31. The van der Waals surface area contributed by atoms with Gasteiger partial charge in [-0.2, -0.15) is 0 Å². The molecular formula is C19H16NO3. The van der Waals surface area contributed by atoms with Gasteiger partial charge in [0, 0.05) is 12.2 Å². The Hall–Kier alpha value is -2.88. The molecule has 0 spiro atoms. The highest BCUT2D eigenvalue weighted by Crippen LogP contribution is 2.26. The minimum Gasteiger partial charge on any atom is -0.457 e. The molecule has 1 aliphatic heterocycles. The third-order valence-corrected chi connectivity index (χ3v) is 3.53. The Bertz CT molecular complexity index is 727. The van der Waals surface area contributed by atoms with E-state index in [1.165, 1.54) is 17.7 Å². The second-order valence-electron chi connectivity index (χ2n) is 5.19. The van der Waals surface area contributed by atoms with Crippen LogP contribution < -0.4 is 9.64 Å². The van der Waals surface area contributed by atoms with Crippen molar-refractivity contribution in [2.75, 3.05) is 4.90 Å². The highest BCUT2D eigenvalue weighted by atomic mass is 16.5. The van der Waals surface area contributed by atoms with Crippen LogP contribution >= 0.6 is 0 Å². The van der Waals surface area contributed by atoms with E-state index < -0.39 is 0 Å². The monoisotopic (exact) mass is 306 g/mol. The van der Waals surface area contributed by atoms with Crippen LogP contribution in [0.5, 0.6) is 11.5 Å². The number of benzene rings is 2. The van der Waals surface area contributed by atoms with E-state index >= 15 is 0 Å². The Kier molecular flexibility index (Phi) is 4.24. The summed E-state index contributed by atoms with van der Waals surface area (Å²) in [6, 6.07) is 14.7. The van der Waals surface area contributed by atoms with Gasteiger partial charge in [0.15, 0.2) is 0 Å². The molecule has 0 aliphatic carbocycles. The first-order chi connectivity index (χ1) is 11.2. The van der Waals surface area contributed by atoms with Gasteiger partial charge in [-0.1, -0.05) is 19.1 Å². The standard InChI is InChI=1S/C19H16NO3/c1-2-3-14-4-8-16(9-5-14)23-17-10-6-15(7-11-17)20-18(21)12-13-19(20)22/h4-13H,1-3H2. The fraction of sp³-hybridized carbons (Fsp3) is 0.105. The van der Waals surface area contributed by atoms with Crippen molar-refractivity contribution in [3.63, 3.8) is 0 Å². The fourth-order valence-electron chi connectivity index (χ4n) is 2.38. The highest BCUT2D eigenvalue weighted by Gasteiger charge is 2.24. The molecule has 1 radical (unpaired) electrons. The van der Waals surface area contributed by atoms with Crippen LogP contribution in [0.25, 0.3) is 0 Å². The van der Waals surface area contributed by atoms with Crippen molar-refractivity contribution < 1.29 is 14.3 Å². The minimum atomic E-state index is -0.329. The van der Waals surface area contributed by atoms with Crippen molar-refractivity contribution in [1.29, 1.82) is 0 Å². The molecule has 0 unspecified atom stereocenters. The number of carbonyl (C=O) groups excluding carboxylic acids is 2. The summed E-state index contributed by atoms with van der Waals surface area (Å²) in [6.45, 7) is 3.84. The number of anilines is 1. The third-order valence-electron chi connectivity index (χ3n) is 3.53. The molecule has 1 aliphatic rings. The molecule has 0 aromatic heterocycles. The van der Waals surface area contributed by atoms with Crippen LogP contribution in [-0.4, -0.2) is 11.8 Å². The smallest absolute Gasteiger partial charge is 0.258 e. The lowest BCUT2D eigenvalue weighted by molar-refractivity contribution is -0.119. The summed E-state index contributed by atoms with van der Waals surface area (Å²) in [5.74, 6) is 0.723. The van der Waals surface area contributed by atoms with E-state index in [2.05, 4.69) is 6.92 Å². The van der Waals surface area contributed by atoms with Crippen LogP contribution in [0.15, 0.2) is 60.7 Å². The van der Waals surface area contributed by atoms with Crippen molar-refractivity contribution in [3.05, 3.63) is 73.2 Å². The number of rotatable bonds is 5. The maximum absolute atomic E-state index is 11.6. The Morgan fingerprint density at radius 2 is 1.35 bits per heavy atom. The first-order valence-electron chi connectivity index (χ1n) is 7.39. The predicted molar refractivity (Wildman–Crippen MR) is 88.3 cm³/mol. The summed E-state index contributed by atoms with van der Waals surface area (Å²) in [7, 11) is 0. The van der Waals surface area contributed by atoms with Crippen molar-refractivity contribution in [2.24, 2.45) is 0 Å². The number of aryl methyl sites for hydroxylation is 1. The molecule has 2 aromatic carbocycles. The molecule has 2 aromatic rings. The van der Waals surface area contributed by atoms with Gasteiger partial charge in [0.25, 0.3) is 11.8 Å². The Balaban J connectivity index is 1.70. The molecule has 1 heterocycles. The summed E-state index contributed by atoms with van der Waals surface area (Å²) in [6.07, 6.45) is 4.34. The van der Waals surface area contributed by atoms with E-state index in [1.807, 2.05) is 24.3 Å². The molecule has 2 amide bonds. The number of carbonyl (C=O) groups is 2. The van der Waals surface area contributed by atoms with Gasteiger partial charge in [0.2, 0.25) is 0 Å². The molecule has 115 valence electrons. The van der Waals surface area contributed by atoms with Crippen molar-refractivity contribution in [3.8, 4) is 11.5 Å². The zero-order valence-electron chi connectivity index (χ0n) is 12.6. The van der Waals surface area contributed by atoms with Gasteiger partial charge in [-0.3, -0.25) is 9.59 Å². The van der Waals surface area contributed by atoms with Gasteiger partial charge in [-0.05, 0) is 54.8 Å². The second kappa shape index (κ2) is 6.48. The van der Waals surface area contributed by atoms with Crippen molar-refractivity contribution in [1.82, 2.24) is 0 Å². The Labute approximate surface area is 135 Å². The van der Waals surface area contributed by atoms with Gasteiger partial charge in [-0.15, -0.1) is 0 Å². The highest BCUT2D eigenvalue weighted by molar-refractivity contribution is 6.28. The maximum atomic E-state index is 11.6. The zero-order chi connectivity index (χ0) is 16.2. The number of hydrogen-bond donors (Lipinski definition) is 0. The molecule has 0 fully saturated rings. The summed E-state index contributed by atoms with van der Waals surface area (Å²) < 4.78 is 5.76. The Morgan fingerprint density at radius 3 is 1.87 bits per heavy atom. The summed E-state index contributed by atoms with van der Waals surface area (Å²) >= 11 is 0. The van der Waals surface area contributed by atoms with E-state index in [4.69, 9.17) is 4.74 Å². The average molecular weight is 306 g/mol. The molecule has 4 nitrogen and oxygen atoms in total. The van der Waals surface area contributed by atoms with Crippen LogP contribution in [0.4, 0.5) is 5.69 Å². The molecule has 0 saturated heterocycles. The number of hydrogen-bond acceptors (Lipinski definition) is 3. The van der Waals surface area contributed by atoms with E-state index in [0.29, 0.717) is 11.4 Å². The SMILES string of the molecule is [CH2]CCc1ccc(Oc2ccc(N3C(=O)C=CC3=O)cc2)cc1. The van der Waals surface area contributed by atoms with E-state index in [-0.39, 0.29) is 11.8 Å². The van der Waals surface area contributed by atoms with E-state index in [0.717, 1.165) is 23.5 Å². The second-order valence-corrected chi connectivity index (χ2v) is 5.19. The zero-order valence-corrected chi connectivity index (χ0v) is 12.6. The van der Waals surface area contributed by atoms with Crippen LogP contribution in [0, 0.1) is 6.92 Å². The van der Waals surface area contributed by atoms with Gasteiger partial charge in [-0.25, -0.2) is 4.90 Å². The van der Waals surface area contributed by atoms with Crippen molar-refractivity contribution >= 4 is 17.5 Å². The quantitative estimate of drug-likeness (QED) is 0.792. The normalized spacial score (nSPS) is 13.7. The Morgan fingerprint density at radius 1 is 0.826 bits per heavy atom. The van der Waals surface area contributed by atoms with Gasteiger partial charge >= 0.3 is 0 Å². The number of amides is 2. The van der Waals surface area contributed by atoms with E-state index in [9.17, 15) is 9.59 Å². The number of ether oxygens (including phenoxy) is 1. The molecule has 0 saturated carbocycles. The topological polar surface area (TPSA) is 46.6 Å². The summed E-state index contributed by atoms with van der Waals surface area (Å²) in [5, 5.41) is 0. The van der Waals surface area contributed by atoms with E-state index in [1.54, 1.807) is 24.3 Å². The largest absolute Gasteiger partial charge is 0.457 e. The predicted octanol–water partition coefficient (Wildman–Crippen LogP) is 3.67. The fourth-order valence-corrected chi connectivity index (χ4v) is 2.38. The van der Waals surface area contributed by atoms with Gasteiger partial charge in [0.1, 0.15) is 11.5 Å². The van der Waals surface area contributed by atoms with Crippen LogP contribution in [0.3, 0.4) is 0 Å². The van der Waals surface area contributed by atoms with Gasteiger partial charge < -0.3 is 4.74 Å². The molecule has 3 rings (SSSR count). The molecule has 0 N–H and O–H groups in total. The number of nitrogens with zero attached hydrogens (tertiary/aromatic N) is 1. The summed E-state index contributed by atoms with van der Waals surface area (Å²) in [4.78, 5) is 24.4. The first-order valence-corrected chi connectivity index (χ1v) is 7.39. The minimum absolute atomic E-state index is 0.329. The molecule has 0 atom stereocenters. The molecule has 4 heteroatoms. The molecular weight excluding hydrogens is 290 g/mol. The lowest BCUT2D eigenvalue weighted by Gasteiger charge is -2.14. The summed E-state index contributed by atoms with van der Waals surface area (Å²) in [5.41, 5.74) is 1.75. The molecule has 0 bridgehead atoms. The first kappa shape index (κ1) is 15.0. The maximum Gasteiger partial charge on any atom is 0.258 e. The molecule has 23 heavy (non-hydrogen) atoms.